The van der Waals surface area contributed by atoms with E-state index < -0.39 is 0 Å². The molecule has 0 heterocycles. The molecule has 0 bridgehead atoms. The second kappa shape index (κ2) is 5.23. The SMILES string of the molecule is NCC#Cc1ccccc1N=C=S. The fourth-order valence-corrected chi connectivity index (χ4v) is 0.971. The zero-order chi connectivity index (χ0) is 9.52. The summed E-state index contributed by atoms with van der Waals surface area (Å²) in [6, 6.07) is 7.47. The quantitative estimate of drug-likeness (QED) is 0.414. The fraction of sp³-hybridized carbons (Fsp3) is 0.100. The van der Waals surface area contributed by atoms with Crippen LogP contribution in [0.4, 0.5) is 5.69 Å². The van der Waals surface area contributed by atoms with Gasteiger partial charge >= 0.3 is 0 Å². The zero-order valence-electron chi connectivity index (χ0n) is 6.95. The van der Waals surface area contributed by atoms with Crippen LogP contribution in [0.1, 0.15) is 5.56 Å². The molecule has 0 aliphatic carbocycles. The monoisotopic (exact) mass is 188 g/mol. The van der Waals surface area contributed by atoms with Crippen LogP contribution < -0.4 is 5.73 Å². The number of isothiocyanates is 1. The van der Waals surface area contributed by atoms with Crippen LogP contribution in [-0.2, 0) is 0 Å². The van der Waals surface area contributed by atoms with Crippen molar-refractivity contribution in [2.75, 3.05) is 6.54 Å². The van der Waals surface area contributed by atoms with Crippen molar-refractivity contribution in [3.63, 3.8) is 0 Å². The van der Waals surface area contributed by atoms with Gasteiger partial charge in [0.25, 0.3) is 0 Å². The maximum atomic E-state index is 5.26. The van der Waals surface area contributed by atoms with Crippen LogP contribution in [0.5, 0.6) is 0 Å². The Balaban J connectivity index is 3.11. The van der Waals surface area contributed by atoms with Gasteiger partial charge in [0.1, 0.15) is 0 Å². The van der Waals surface area contributed by atoms with Crippen LogP contribution in [0, 0.1) is 11.8 Å². The Morgan fingerprint density at radius 1 is 1.38 bits per heavy atom. The summed E-state index contributed by atoms with van der Waals surface area (Å²) in [6.07, 6.45) is 0. The molecular weight excluding hydrogens is 180 g/mol. The lowest BCUT2D eigenvalue weighted by molar-refractivity contribution is 1.30. The third kappa shape index (κ3) is 2.81. The first-order valence-electron chi connectivity index (χ1n) is 3.74. The summed E-state index contributed by atoms with van der Waals surface area (Å²) >= 11 is 4.52. The highest BCUT2D eigenvalue weighted by atomic mass is 32.1. The molecule has 0 radical (unpaired) electrons. The number of aliphatic imine (C=N–C) groups is 1. The summed E-state index contributed by atoms with van der Waals surface area (Å²) in [6.45, 7) is 0.343. The van der Waals surface area contributed by atoms with Gasteiger partial charge in [-0.25, -0.2) is 0 Å². The van der Waals surface area contributed by atoms with E-state index in [1.807, 2.05) is 24.3 Å². The second-order valence-corrected chi connectivity index (χ2v) is 2.41. The molecule has 1 rings (SSSR count). The summed E-state index contributed by atoms with van der Waals surface area (Å²) in [5.41, 5.74) is 6.82. The Hall–Kier alpha value is -1.46. The topological polar surface area (TPSA) is 38.4 Å². The van der Waals surface area contributed by atoms with E-state index in [0.29, 0.717) is 6.54 Å². The van der Waals surface area contributed by atoms with Gasteiger partial charge < -0.3 is 5.73 Å². The molecule has 0 fully saturated rings. The molecule has 13 heavy (non-hydrogen) atoms. The first-order valence-corrected chi connectivity index (χ1v) is 4.15. The van der Waals surface area contributed by atoms with Crippen molar-refractivity contribution in [1.82, 2.24) is 0 Å². The van der Waals surface area contributed by atoms with E-state index in [9.17, 15) is 0 Å². The molecule has 0 unspecified atom stereocenters. The number of rotatable bonds is 1. The molecule has 0 aliphatic rings. The van der Waals surface area contributed by atoms with E-state index in [4.69, 9.17) is 5.73 Å². The molecular formula is C10H8N2S. The molecule has 0 saturated heterocycles. The summed E-state index contributed by atoms with van der Waals surface area (Å²) in [4.78, 5) is 3.88. The molecule has 0 saturated carbocycles. The van der Waals surface area contributed by atoms with Crippen LogP contribution in [0.25, 0.3) is 0 Å². The van der Waals surface area contributed by atoms with Crippen molar-refractivity contribution < 1.29 is 0 Å². The molecule has 2 N–H and O–H groups in total. The average Bonchev–Trinajstić information content (AvgIpc) is 2.17. The third-order valence-electron chi connectivity index (χ3n) is 1.40. The number of thiocarbonyl (C=S) groups is 1. The molecule has 0 aromatic heterocycles. The highest BCUT2D eigenvalue weighted by Crippen LogP contribution is 2.16. The van der Waals surface area contributed by atoms with Crippen LogP contribution in [0.3, 0.4) is 0 Å². The standard InChI is InChI=1S/C10H8N2S/c11-7-3-5-9-4-1-2-6-10(9)12-8-13/h1-2,4,6H,7,11H2. The summed E-state index contributed by atoms with van der Waals surface area (Å²) in [5.74, 6) is 5.66. The molecule has 0 amide bonds. The van der Waals surface area contributed by atoms with Crippen molar-refractivity contribution >= 4 is 23.1 Å². The van der Waals surface area contributed by atoms with Gasteiger partial charge in [-0.15, -0.1) is 0 Å². The minimum atomic E-state index is 0.343. The van der Waals surface area contributed by atoms with Crippen LogP contribution in [-0.4, -0.2) is 11.7 Å². The number of hydrogen-bond donors (Lipinski definition) is 1. The predicted molar refractivity (Wildman–Crippen MR) is 57.1 cm³/mol. The largest absolute Gasteiger partial charge is 0.320 e. The summed E-state index contributed by atoms with van der Waals surface area (Å²) < 4.78 is 0. The van der Waals surface area contributed by atoms with Gasteiger partial charge in [-0.1, -0.05) is 24.0 Å². The first-order chi connectivity index (χ1) is 6.38. The normalized spacial score (nSPS) is 8.08. The Labute approximate surface area is 82.5 Å². The van der Waals surface area contributed by atoms with Crippen molar-refractivity contribution in [3.8, 4) is 11.8 Å². The molecule has 1 aromatic rings. The van der Waals surface area contributed by atoms with Gasteiger partial charge in [0.2, 0.25) is 0 Å². The Kier molecular flexibility index (Phi) is 3.87. The lowest BCUT2D eigenvalue weighted by atomic mass is 10.2. The lowest BCUT2D eigenvalue weighted by Gasteiger charge is -1.93. The highest BCUT2D eigenvalue weighted by Gasteiger charge is 1.93. The number of nitrogens with zero attached hydrogens (tertiary/aromatic N) is 1. The maximum absolute atomic E-state index is 5.26. The van der Waals surface area contributed by atoms with Gasteiger partial charge in [-0.3, -0.25) is 0 Å². The fourth-order valence-electron chi connectivity index (χ4n) is 0.872. The van der Waals surface area contributed by atoms with Gasteiger partial charge in [-0.05, 0) is 24.4 Å². The Bertz CT molecular complexity index is 395. The first kappa shape index (κ1) is 9.63. The van der Waals surface area contributed by atoms with Crippen LogP contribution in [0.2, 0.25) is 0 Å². The summed E-state index contributed by atoms with van der Waals surface area (Å²) in [5, 5.41) is 2.31. The van der Waals surface area contributed by atoms with E-state index in [-0.39, 0.29) is 0 Å². The molecule has 0 spiro atoms. The highest BCUT2D eigenvalue weighted by molar-refractivity contribution is 7.78. The van der Waals surface area contributed by atoms with Gasteiger partial charge in [0.15, 0.2) is 0 Å². The van der Waals surface area contributed by atoms with E-state index >= 15 is 0 Å². The zero-order valence-corrected chi connectivity index (χ0v) is 7.77. The Morgan fingerprint density at radius 3 is 2.85 bits per heavy atom. The minimum Gasteiger partial charge on any atom is -0.320 e. The van der Waals surface area contributed by atoms with E-state index in [0.717, 1.165) is 11.3 Å². The smallest absolute Gasteiger partial charge is 0.0895 e. The van der Waals surface area contributed by atoms with Crippen molar-refractivity contribution in [1.29, 1.82) is 0 Å². The molecule has 0 atom stereocenters. The van der Waals surface area contributed by atoms with Gasteiger partial charge in [-0.2, -0.15) is 4.99 Å². The minimum absolute atomic E-state index is 0.343. The van der Waals surface area contributed by atoms with Crippen molar-refractivity contribution in [2.45, 2.75) is 0 Å². The molecule has 64 valence electrons. The maximum Gasteiger partial charge on any atom is 0.0895 e. The second-order valence-electron chi connectivity index (χ2n) is 2.23. The Morgan fingerprint density at radius 2 is 2.15 bits per heavy atom. The van der Waals surface area contributed by atoms with Gasteiger partial charge in [0.05, 0.1) is 23.0 Å². The van der Waals surface area contributed by atoms with Gasteiger partial charge in [0, 0.05) is 0 Å². The molecule has 2 nitrogen and oxygen atoms in total. The lowest BCUT2D eigenvalue weighted by Crippen LogP contribution is -1.93. The number of nitrogens with two attached hydrogens (primary N) is 1. The summed E-state index contributed by atoms with van der Waals surface area (Å²) in [7, 11) is 0. The predicted octanol–water partition coefficient (Wildman–Crippen LogP) is 1.73. The third-order valence-corrected chi connectivity index (χ3v) is 1.49. The number of hydrogen-bond acceptors (Lipinski definition) is 3. The van der Waals surface area contributed by atoms with Crippen LogP contribution in [0.15, 0.2) is 29.3 Å². The van der Waals surface area contributed by atoms with E-state index in [1.54, 1.807) is 0 Å². The number of benzene rings is 1. The molecule has 3 heteroatoms. The van der Waals surface area contributed by atoms with Crippen molar-refractivity contribution in [2.24, 2.45) is 10.7 Å². The molecule has 1 aromatic carbocycles. The average molecular weight is 188 g/mol. The van der Waals surface area contributed by atoms with Crippen molar-refractivity contribution in [3.05, 3.63) is 29.8 Å². The van der Waals surface area contributed by atoms with Crippen LogP contribution >= 0.6 is 12.2 Å². The van der Waals surface area contributed by atoms with E-state index in [1.165, 1.54) is 0 Å². The molecule has 0 aliphatic heterocycles. The van der Waals surface area contributed by atoms with E-state index in [2.05, 4.69) is 34.2 Å². The number of para-hydroxylation sites is 1.